The quantitative estimate of drug-likeness (QED) is 0.344. The number of carboxylic acid groups (broad SMARTS) is 1. The van der Waals surface area contributed by atoms with Gasteiger partial charge in [-0.25, -0.2) is 9.55 Å². The normalized spacial score (nSPS) is 10.9. The van der Waals surface area contributed by atoms with E-state index in [2.05, 4.69) is 20.3 Å². The van der Waals surface area contributed by atoms with Crippen molar-refractivity contribution in [2.24, 2.45) is 0 Å². The maximum absolute atomic E-state index is 12.4. The first kappa shape index (κ1) is 17.7. The Morgan fingerprint density at radius 2 is 2.00 bits per heavy atom. The van der Waals surface area contributed by atoms with Gasteiger partial charge in [0.05, 0.1) is 0 Å². The topological polar surface area (TPSA) is 115 Å². The van der Waals surface area contributed by atoms with Gasteiger partial charge < -0.3 is 10.4 Å². The van der Waals surface area contributed by atoms with Crippen LogP contribution in [0.5, 0.6) is 0 Å². The summed E-state index contributed by atoms with van der Waals surface area (Å²) in [5.74, 6) is -0.362. The second kappa shape index (κ2) is 8.28. The van der Waals surface area contributed by atoms with Gasteiger partial charge in [-0.2, -0.15) is 4.98 Å². The number of nitrogens with one attached hydrogen (secondary N) is 3. The van der Waals surface area contributed by atoms with E-state index in [-0.39, 0.29) is 12.0 Å². The molecule has 0 amide bonds. The molecule has 3 rings (SSSR count). The zero-order valence-corrected chi connectivity index (χ0v) is 14.4. The summed E-state index contributed by atoms with van der Waals surface area (Å²) < 4.78 is 1.84. The Morgan fingerprint density at radius 1 is 1.19 bits per heavy atom. The van der Waals surface area contributed by atoms with Gasteiger partial charge in [0.2, 0.25) is 12.3 Å². The molecule has 0 bridgehead atoms. The number of imidazole rings is 1. The van der Waals surface area contributed by atoms with Crippen LogP contribution in [0.1, 0.15) is 31.2 Å². The van der Waals surface area contributed by atoms with Crippen molar-refractivity contribution in [2.75, 3.05) is 11.9 Å². The van der Waals surface area contributed by atoms with Gasteiger partial charge in [-0.3, -0.25) is 14.6 Å². The summed E-state index contributed by atoms with van der Waals surface area (Å²) >= 11 is 0. The molecule has 0 saturated heterocycles. The largest absolute Gasteiger partial charge is 0.481 e. The van der Waals surface area contributed by atoms with E-state index in [0.717, 1.165) is 18.4 Å². The summed E-state index contributed by atoms with van der Waals surface area (Å²) in [5.41, 5.74) is 1.92. The molecule has 0 radical (unpaired) electrons. The molecule has 0 atom stereocenters. The van der Waals surface area contributed by atoms with Crippen molar-refractivity contribution >= 4 is 23.1 Å². The number of aromatic nitrogens is 4. The third kappa shape index (κ3) is 4.47. The van der Waals surface area contributed by atoms with Crippen molar-refractivity contribution in [1.29, 1.82) is 0 Å². The SMILES string of the molecule is O=C(O)CCCCCNc1nc2[nH]c[n+](Cc3ccccc3)c2c(=O)[nH]1. The molecule has 0 aliphatic heterocycles. The van der Waals surface area contributed by atoms with Crippen LogP contribution in [0.4, 0.5) is 5.95 Å². The lowest BCUT2D eigenvalue weighted by atomic mass is 10.2. The van der Waals surface area contributed by atoms with Crippen LogP contribution in [-0.4, -0.2) is 32.6 Å². The number of hydrogen-bond acceptors (Lipinski definition) is 4. The number of aromatic amines is 2. The molecule has 2 heterocycles. The highest BCUT2D eigenvalue weighted by molar-refractivity contribution is 5.66. The Balaban J connectivity index is 1.64. The second-order valence-electron chi connectivity index (χ2n) is 6.13. The van der Waals surface area contributed by atoms with Crippen molar-refractivity contribution < 1.29 is 14.5 Å². The van der Waals surface area contributed by atoms with Gasteiger partial charge in [0, 0.05) is 13.0 Å². The molecule has 0 aliphatic carbocycles. The number of benzene rings is 1. The Morgan fingerprint density at radius 3 is 2.77 bits per heavy atom. The van der Waals surface area contributed by atoms with Crippen LogP contribution in [0.3, 0.4) is 0 Å². The third-order valence-corrected chi connectivity index (χ3v) is 4.09. The van der Waals surface area contributed by atoms with Crippen molar-refractivity contribution in [3.63, 3.8) is 0 Å². The molecule has 0 fully saturated rings. The number of aliphatic carboxylic acids is 1. The lowest BCUT2D eigenvalue weighted by molar-refractivity contribution is -0.662. The lowest BCUT2D eigenvalue weighted by Crippen LogP contribution is -2.36. The summed E-state index contributed by atoms with van der Waals surface area (Å²) in [4.78, 5) is 33.1. The Kier molecular flexibility index (Phi) is 5.62. The molecule has 8 nitrogen and oxygen atoms in total. The third-order valence-electron chi connectivity index (χ3n) is 4.09. The Bertz CT molecular complexity index is 933. The fraction of sp³-hybridized carbons (Fsp3) is 0.333. The van der Waals surface area contributed by atoms with Crippen LogP contribution < -0.4 is 15.4 Å². The average molecular weight is 356 g/mol. The van der Waals surface area contributed by atoms with Crippen LogP contribution in [0.2, 0.25) is 0 Å². The zero-order valence-electron chi connectivity index (χ0n) is 14.4. The molecular formula is C18H22N5O3+. The molecule has 0 spiro atoms. The number of carbonyl (C=O) groups is 1. The zero-order chi connectivity index (χ0) is 18.4. The predicted molar refractivity (Wildman–Crippen MR) is 97.0 cm³/mol. The van der Waals surface area contributed by atoms with Crippen molar-refractivity contribution in [2.45, 2.75) is 32.2 Å². The van der Waals surface area contributed by atoms with Gasteiger partial charge in [-0.05, 0) is 18.4 Å². The highest BCUT2D eigenvalue weighted by atomic mass is 16.4. The monoisotopic (exact) mass is 356 g/mol. The number of anilines is 1. The molecule has 0 aliphatic rings. The number of fused-ring (bicyclic) bond motifs is 1. The van der Waals surface area contributed by atoms with Gasteiger partial charge in [-0.1, -0.05) is 36.8 Å². The number of carboxylic acids is 1. The van der Waals surface area contributed by atoms with E-state index in [9.17, 15) is 9.59 Å². The first-order valence-corrected chi connectivity index (χ1v) is 8.64. The number of hydrogen-bond donors (Lipinski definition) is 4. The Labute approximate surface area is 149 Å². The van der Waals surface area contributed by atoms with E-state index in [1.807, 2.05) is 34.9 Å². The average Bonchev–Trinajstić information content (AvgIpc) is 3.02. The minimum atomic E-state index is -0.773. The van der Waals surface area contributed by atoms with Crippen LogP contribution in [0.15, 0.2) is 41.5 Å². The smallest absolute Gasteiger partial charge is 0.304 e. The number of unbranched alkanes of at least 4 members (excludes halogenated alkanes) is 2. The first-order valence-electron chi connectivity index (χ1n) is 8.64. The first-order chi connectivity index (χ1) is 12.6. The minimum Gasteiger partial charge on any atom is -0.481 e. The number of H-pyrrole nitrogens is 2. The molecule has 8 heteroatoms. The summed E-state index contributed by atoms with van der Waals surface area (Å²) in [6.45, 7) is 1.21. The second-order valence-corrected chi connectivity index (χ2v) is 6.13. The van der Waals surface area contributed by atoms with Gasteiger partial charge in [-0.15, -0.1) is 0 Å². The van der Waals surface area contributed by atoms with E-state index >= 15 is 0 Å². The predicted octanol–water partition coefficient (Wildman–Crippen LogP) is 1.64. The molecule has 0 unspecified atom stereocenters. The maximum Gasteiger partial charge on any atom is 0.304 e. The van der Waals surface area contributed by atoms with Crippen LogP contribution in [0, 0.1) is 0 Å². The summed E-state index contributed by atoms with van der Waals surface area (Å²) in [5, 5.41) is 11.7. The molecule has 3 aromatic rings. The summed E-state index contributed by atoms with van der Waals surface area (Å²) in [7, 11) is 0. The molecule has 0 saturated carbocycles. The minimum absolute atomic E-state index is 0.185. The van der Waals surface area contributed by atoms with Crippen molar-refractivity contribution in [3.05, 3.63) is 52.6 Å². The molecule has 136 valence electrons. The van der Waals surface area contributed by atoms with Crippen molar-refractivity contribution in [3.8, 4) is 0 Å². The lowest BCUT2D eigenvalue weighted by Gasteiger charge is -2.04. The highest BCUT2D eigenvalue weighted by Crippen LogP contribution is 2.05. The van der Waals surface area contributed by atoms with E-state index < -0.39 is 5.97 Å². The van der Waals surface area contributed by atoms with E-state index in [4.69, 9.17) is 5.11 Å². The van der Waals surface area contributed by atoms with E-state index in [1.54, 1.807) is 6.33 Å². The highest BCUT2D eigenvalue weighted by Gasteiger charge is 2.17. The number of rotatable bonds is 9. The molecule has 4 N–H and O–H groups in total. The van der Waals surface area contributed by atoms with Gasteiger partial charge in [0.1, 0.15) is 6.54 Å². The molecule has 26 heavy (non-hydrogen) atoms. The van der Waals surface area contributed by atoms with E-state index in [1.165, 1.54) is 0 Å². The Hall–Kier alpha value is -3.16. The van der Waals surface area contributed by atoms with Crippen LogP contribution >= 0.6 is 0 Å². The molecule has 1 aromatic carbocycles. The van der Waals surface area contributed by atoms with Gasteiger partial charge in [0.15, 0.2) is 0 Å². The van der Waals surface area contributed by atoms with Crippen molar-refractivity contribution in [1.82, 2.24) is 15.0 Å². The standard InChI is InChI=1S/C18H21N5O3/c24-14(25)9-5-2-6-10-19-18-21-16-15(17(26)22-18)23(12-20-16)11-13-7-3-1-4-8-13/h1,3-4,7-8,12H,2,5-6,9-11H2,(H3,19,21,22,24,25,26)/p+1. The maximum atomic E-state index is 12.4. The fourth-order valence-electron chi connectivity index (χ4n) is 2.81. The fourth-order valence-corrected chi connectivity index (χ4v) is 2.81. The van der Waals surface area contributed by atoms with Crippen LogP contribution in [-0.2, 0) is 11.3 Å². The van der Waals surface area contributed by atoms with Gasteiger partial charge in [0.25, 0.3) is 11.2 Å². The van der Waals surface area contributed by atoms with Crippen LogP contribution in [0.25, 0.3) is 11.2 Å². The molecular weight excluding hydrogens is 334 g/mol. The van der Waals surface area contributed by atoms with E-state index in [0.29, 0.717) is 36.6 Å². The number of nitrogens with zero attached hydrogens (tertiary/aromatic N) is 2. The van der Waals surface area contributed by atoms with Gasteiger partial charge >= 0.3 is 11.5 Å². The summed E-state index contributed by atoms with van der Waals surface area (Å²) in [6.07, 6.45) is 4.20. The summed E-state index contributed by atoms with van der Waals surface area (Å²) in [6, 6.07) is 9.90. The molecule has 2 aromatic heterocycles.